The number of benzene rings is 1. The molecule has 0 saturated carbocycles. The maximum absolute atomic E-state index is 13.3. The summed E-state index contributed by atoms with van der Waals surface area (Å²) in [5.41, 5.74) is 5.81. The molecule has 0 aliphatic rings. The maximum Gasteiger partial charge on any atom is 0.218 e. The number of carbonyl (C=O) groups is 1. The highest BCUT2D eigenvalue weighted by Crippen LogP contribution is 2.24. The summed E-state index contributed by atoms with van der Waals surface area (Å²) >= 11 is 0. The van der Waals surface area contributed by atoms with E-state index in [-0.39, 0.29) is 18.1 Å². The minimum absolute atomic E-state index is 0.0806. The van der Waals surface area contributed by atoms with E-state index in [0.29, 0.717) is 0 Å². The molecule has 15 heavy (non-hydrogen) atoms. The van der Waals surface area contributed by atoms with Crippen LogP contribution in [0.5, 0.6) is 5.75 Å². The second-order valence-electron chi connectivity index (χ2n) is 3.47. The number of amides is 1. The van der Waals surface area contributed by atoms with E-state index in [0.717, 1.165) is 5.56 Å². The first kappa shape index (κ1) is 11.5. The summed E-state index contributed by atoms with van der Waals surface area (Å²) in [5, 5.41) is 0. The van der Waals surface area contributed by atoms with Gasteiger partial charge in [0.05, 0.1) is 7.11 Å². The van der Waals surface area contributed by atoms with E-state index in [1.54, 1.807) is 12.1 Å². The largest absolute Gasteiger partial charge is 0.494 e. The Labute approximate surface area is 88.0 Å². The lowest BCUT2D eigenvalue weighted by Crippen LogP contribution is -2.13. The van der Waals surface area contributed by atoms with Crippen LogP contribution in [-0.2, 0) is 4.79 Å². The zero-order valence-electron chi connectivity index (χ0n) is 8.79. The third kappa shape index (κ3) is 2.94. The van der Waals surface area contributed by atoms with Crippen LogP contribution in [0.4, 0.5) is 4.39 Å². The lowest BCUT2D eigenvalue weighted by molar-refractivity contribution is -0.118. The molecule has 2 N–H and O–H groups in total. The highest BCUT2D eigenvalue weighted by molar-refractivity contribution is 5.74. The van der Waals surface area contributed by atoms with Gasteiger partial charge in [0.15, 0.2) is 11.6 Å². The molecule has 0 aliphatic heterocycles. The van der Waals surface area contributed by atoms with E-state index in [1.807, 2.05) is 6.92 Å². The molecule has 1 amide bonds. The lowest BCUT2D eigenvalue weighted by Gasteiger charge is -2.10. The van der Waals surface area contributed by atoms with E-state index >= 15 is 0 Å². The molecule has 82 valence electrons. The van der Waals surface area contributed by atoms with Crippen molar-refractivity contribution < 1.29 is 13.9 Å². The molecule has 0 heterocycles. The van der Waals surface area contributed by atoms with Crippen molar-refractivity contribution in [1.29, 1.82) is 0 Å². The standard InChI is InChI=1S/C11H14FNO2/c1-7(5-11(13)14)8-3-4-10(15-2)9(12)6-8/h3-4,6-7H,5H2,1-2H3,(H2,13,14). The molecule has 0 saturated heterocycles. The van der Waals surface area contributed by atoms with Crippen LogP contribution in [0, 0.1) is 5.82 Å². The molecule has 0 radical (unpaired) electrons. The molecule has 3 nitrogen and oxygen atoms in total. The smallest absolute Gasteiger partial charge is 0.218 e. The number of nitrogens with two attached hydrogens (primary N) is 1. The average molecular weight is 211 g/mol. The number of primary amides is 1. The molecule has 4 heteroatoms. The maximum atomic E-state index is 13.3. The molecule has 0 spiro atoms. The molecule has 0 aliphatic carbocycles. The first-order chi connectivity index (χ1) is 7.04. The number of rotatable bonds is 4. The Kier molecular flexibility index (Phi) is 3.66. The minimum Gasteiger partial charge on any atom is -0.494 e. The molecule has 0 fully saturated rings. The second-order valence-corrected chi connectivity index (χ2v) is 3.47. The fraction of sp³-hybridized carbons (Fsp3) is 0.364. The van der Waals surface area contributed by atoms with Gasteiger partial charge >= 0.3 is 0 Å². The number of methoxy groups -OCH3 is 1. The third-order valence-corrected chi connectivity index (χ3v) is 2.25. The normalized spacial score (nSPS) is 12.2. The van der Waals surface area contributed by atoms with Gasteiger partial charge in [0.1, 0.15) is 0 Å². The van der Waals surface area contributed by atoms with Gasteiger partial charge in [-0.25, -0.2) is 4.39 Å². The van der Waals surface area contributed by atoms with Crippen molar-refractivity contribution in [2.75, 3.05) is 7.11 Å². The topological polar surface area (TPSA) is 52.3 Å². The van der Waals surface area contributed by atoms with Crippen LogP contribution in [0.3, 0.4) is 0 Å². The van der Waals surface area contributed by atoms with Crippen LogP contribution in [0.15, 0.2) is 18.2 Å². The summed E-state index contributed by atoms with van der Waals surface area (Å²) in [5.74, 6) is -0.696. The van der Waals surface area contributed by atoms with Crippen LogP contribution >= 0.6 is 0 Å². The molecule has 1 aromatic rings. The predicted molar refractivity (Wildman–Crippen MR) is 55.2 cm³/mol. The first-order valence-corrected chi connectivity index (χ1v) is 4.66. The van der Waals surface area contributed by atoms with Crippen molar-refractivity contribution in [3.63, 3.8) is 0 Å². The lowest BCUT2D eigenvalue weighted by atomic mass is 9.97. The SMILES string of the molecule is COc1ccc(C(C)CC(N)=O)cc1F. The minimum atomic E-state index is -0.425. The summed E-state index contributed by atoms with van der Waals surface area (Å²) in [6.07, 6.45) is 0.214. The van der Waals surface area contributed by atoms with Gasteiger partial charge in [-0.15, -0.1) is 0 Å². The zero-order chi connectivity index (χ0) is 11.4. The van der Waals surface area contributed by atoms with E-state index in [9.17, 15) is 9.18 Å². The van der Waals surface area contributed by atoms with Gasteiger partial charge in [0, 0.05) is 6.42 Å². The van der Waals surface area contributed by atoms with E-state index in [1.165, 1.54) is 13.2 Å². The van der Waals surface area contributed by atoms with Crippen LogP contribution in [0.2, 0.25) is 0 Å². The number of ether oxygens (including phenoxy) is 1. The van der Waals surface area contributed by atoms with E-state index in [2.05, 4.69) is 0 Å². The number of hydrogen-bond acceptors (Lipinski definition) is 2. The summed E-state index contributed by atoms with van der Waals surface area (Å²) in [4.78, 5) is 10.7. The Bertz CT molecular complexity index is 366. The van der Waals surface area contributed by atoms with Gasteiger partial charge in [-0.05, 0) is 23.6 Å². The molecule has 1 atom stereocenters. The second kappa shape index (κ2) is 4.77. The fourth-order valence-electron chi connectivity index (χ4n) is 1.41. The van der Waals surface area contributed by atoms with Crippen LogP contribution in [-0.4, -0.2) is 13.0 Å². The van der Waals surface area contributed by atoms with Gasteiger partial charge in [-0.1, -0.05) is 13.0 Å². The first-order valence-electron chi connectivity index (χ1n) is 4.66. The Balaban J connectivity index is 2.87. The highest BCUT2D eigenvalue weighted by Gasteiger charge is 2.11. The fourth-order valence-corrected chi connectivity index (χ4v) is 1.41. The number of carbonyl (C=O) groups excluding carboxylic acids is 1. The molecule has 1 aromatic carbocycles. The molecular weight excluding hydrogens is 197 g/mol. The van der Waals surface area contributed by atoms with Gasteiger partial charge in [0.25, 0.3) is 0 Å². The molecular formula is C11H14FNO2. The number of halogens is 1. The summed E-state index contributed by atoms with van der Waals surface area (Å²) < 4.78 is 18.1. The van der Waals surface area contributed by atoms with Crippen LogP contribution in [0.25, 0.3) is 0 Å². The van der Waals surface area contributed by atoms with Gasteiger partial charge < -0.3 is 10.5 Å². The van der Waals surface area contributed by atoms with Crippen molar-refractivity contribution in [3.8, 4) is 5.75 Å². The Morgan fingerprint density at radius 3 is 2.73 bits per heavy atom. The summed E-state index contributed by atoms with van der Waals surface area (Å²) in [7, 11) is 1.41. The van der Waals surface area contributed by atoms with Gasteiger partial charge in [0.2, 0.25) is 5.91 Å². The quantitative estimate of drug-likeness (QED) is 0.825. The third-order valence-electron chi connectivity index (χ3n) is 2.25. The Hall–Kier alpha value is -1.58. The van der Waals surface area contributed by atoms with Crippen LogP contribution in [0.1, 0.15) is 24.8 Å². The Morgan fingerprint density at radius 1 is 1.60 bits per heavy atom. The van der Waals surface area contributed by atoms with Crippen molar-refractivity contribution >= 4 is 5.91 Å². The van der Waals surface area contributed by atoms with Crippen molar-refractivity contribution in [2.24, 2.45) is 5.73 Å². The molecule has 1 rings (SSSR count). The summed E-state index contributed by atoms with van der Waals surface area (Å²) in [6.45, 7) is 1.83. The van der Waals surface area contributed by atoms with Crippen molar-refractivity contribution in [3.05, 3.63) is 29.6 Å². The van der Waals surface area contributed by atoms with Crippen molar-refractivity contribution in [1.82, 2.24) is 0 Å². The van der Waals surface area contributed by atoms with Gasteiger partial charge in [-0.2, -0.15) is 0 Å². The average Bonchev–Trinajstić information content (AvgIpc) is 2.16. The summed E-state index contributed by atoms with van der Waals surface area (Å²) in [6, 6.07) is 4.64. The predicted octanol–water partition coefficient (Wildman–Crippen LogP) is 1.81. The van der Waals surface area contributed by atoms with Crippen LogP contribution < -0.4 is 10.5 Å². The highest BCUT2D eigenvalue weighted by atomic mass is 19.1. The monoisotopic (exact) mass is 211 g/mol. The molecule has 0 aromatic heterocycles. The molecule has 0 bridgehead atoms. The van der Waals surface area contributed by atoms with E-state index in [4.69, 9.17) is 10.5 Å². The van der Waals surface area contributed by atoms with Gasteiger partial charge in [-0.3, -0.25) is 4.79 Å². The van der Waals surface area contributed by atoms with Crippen molar-refractivity contribution in [2.45, 2.75) is 19.3 Å². The number of hydrogen-bond donors (Lipinski definition) is 1. The van der Waals surface area contributed by atoms with E-state index < -0.39 is 11.7 Å². The zero-order valence-corrected chi connectivity index (χ0v) is 8.79. The molecule has 1 unspecified atom stereocenters. The Morgan fingerprint density at radius 2 is 2.27 bits per heavy atom.